The first-order valence-corrected chi connectivity index (χ1v) is 7.52. The third-order valence-corrected chi connectivity index (χ3v) is 3.74. The van der Waals surface area contributed by atoms with Crippen LogP contribution in [-0.2, 0) is 0 Å². The van der Waals surface area contributed by atoms with E-state index in [9.17, 15) is 4.79 Å². The van der Waals surface area contributed by atoms with Gasteiger partial charge in [-0.15, -0.1) is 0 Å². The Morgan fingerprint density at radius 2 is 1.43 bits per heavy atom. The van der Waals surface area contributed by atoms with Crippen LogP contribution >= 0.6 is 34.8 Å². The molecule has 0 aromatic heterocycles. The van der Waals surface area contributed by atoms with Gasteiger partial charge in [-0.1, -0.05) is 34.8 Å². The quantitative estimate of drug-likeness (QED) is 0.760. The Kier molecular flexibility index (Phi) is 5.82. The Labute approximate surface area is 148 Å². The van der Waals surface area contributed by atoms with Gasteiger partial charge in [0.15, 0.2) is 0 Å². The molecule has 1 amide bonds. The lowest BCUT2D eigenvalue weighted by molar-refractivity contribution is 0.0962. The van der Waals surface area contributed by atoms with Crippen molar-refractivity contribution in [2.24, 2.45) is 0 Å². The molecule has 122 valence electrons. The first-order valence-electron chi connectivity index (χ1n) is 6.38. The summed E-state index contributed by atoms with van der Waals surface area (Å²) in [7, 11) is 3.00. The van der Waals surface area contributed by atoms with E-state index in [4.69, 9.17) is 44.3 Å². The number of carbonyl (C=O) groups excluding carboxylic acids is 1. The largest absolute Gasteiger partial charge is 0.497 e. The Morgan fingerprint density at radius 1 is 0.913 bits per heavy atom. The highest BCUT2D eigenvalue weighted by atomic mass is 35.5. The van der Waals surface area contributed by atoms with Crippen LogP contribution in [0.4, 0.5) is 5.69 Å². The smallest absolute Gasteiger partial charge is 0.269 e. The predicted molar refractivity (Wildman–Crippen MR) is 92.1 cm³/mol. The van der Waals surface area contributed by atoms with Crippen molar-refractivity contribution in [3.63, 3.8) is 0 Å². The van der Waals surface area contributed by atoms with E-state index < -0.39 is 5.91 Å². The second-order valence-corrected chi connectivity index (χ2v) is 5.68. The summed E-state index contributed by atoms with van der Waals surface area (Å²) in [4.78, 5) is 12.2. The number of hydrogen-bond donors (Lipinski definition) is 2. The highest BCUT2D eigenvalue weighted by molar-refractivity contribution is 6.41. The van der Waals surface area contributed by atoms with E-state index in [0.717, 1.165) is 0 Å². The molecule has 0 saturated heterocycles. The van der Waals surface area contributed by atoms with Gasteiger partial charge in [0.05, 0.1) is 30.0 Å². The van der Waals surface area contributed by atoms with E-state index in [1.54, 1.807) is 18.2 Å². The number of benzene rings is 2. The Balaban J connectivity index is 2.17. The number of hydrogen-bond acceptors (Lipinski definition) is 4. The molecule has 2 N–H and O–H groups in total. The minimum absolute atomic E-state index is 0.283. The van der Waals surface area contributed by atoms with Gasteiger partial charge in [-0.2, -0.15) is 0 Å². The predicted octanol–water partition coefficient (Wildman–Crippen LogP) is 4.42. The van der Waals surface area contributed by atoms with Crippen molar-refractivity contribution < 1.29 is 14.3 Å². The fourth-order valence-electron chi connectivity index (χ4n) is 1.79. The molecule has 23 heavy (non-hydrogen) atoms. The number of halogens is 3. The van der Waals surface area contributed by atoms with Gasteiger partial charge in [-0.05, 0) is 24.3 Å². The molecule has 0 radical (unpaired) electrons. The first kappa shape index (κ1) is 17.5. The van der Waals surface area contributed by atoms with Crippen LogP contribution < -0.4 is 20.3 Å². The van der Waals surface area contributed by atoms with Crippen molar-refractivity contribution >= 4 is 46.4 Å². The summed E-state index contributed by atoms with van der Waals surface area (Å²) in [5, 5.41) is 0.964. The van der Waals surface area contributed by atoms with Gasteiger partial charge >= 0.3 is 0 Å². The number of rotatable bonds is 5. The molecule has 0 aliphatic carbocycles. The van der Waals surface area contributed by atoms with E-state index in [1.165, 1.54) is 26.4 Å². The molecular formula is C15H13Cl3N2O3. The number of carbonyl (C=O) groups is 1. The van der Waals surface area contributed by atoms with Crippen molar-refractivity contribution in [2.45, 2.75) is 0 Å². The van der Waals surface area contributed by atoms with Crippen molar-refractivity contribution in [1.82, 2.24) is 5.43 Å². The standard InChI is InChI=1S/C15H13Cl3N2O3/c1-22-10-3-8(4-11(7-10)23-2)15(21)20-19-14-12(17)5-9(16)6-13(14)18/h3-7,19H,1-2H3,(H,20,21). The van der Waals surface area contributed by atoms with Crippen molar-refractivity contribution in [3.8, 4) is 11.5 Å². The molecule has 0 fully saturated rings. The maximum absolute atomic E-state index is 12.2. The van der Waals surface area contributed by atoms with Crippen molar-refractivity contribution in [2.75, 3.05) is 19.6 Å². The first-order chi connectivity index (χ1) is 10.9. The summed E-state index contributed by atoms with van der Waals surface area (Å²) in [5.41, 5.74) is 5.88. The molecule has 0 aliphatic heterocycles. The molecule has 5 nitrogen and oxygen atoms in total. The monoisotopic (exact) mass is 374 g/mol. The summed E-state index contributed by atoms with van der Waals surface area (Å²) in [6, 6.07) is 7.84. The minimum atomic E-state index is -0.413. The number of methoxy groups -OCH3 is 2. The van der Waals surface area contributed by atoms with Crippen LogP contribution in [0, 0.1) is 0 Å². The summed E-state index contributed by atoms with van der Waals surface area (Å²) >= 11 is 17.9. The maximum atomic E-state index is 12.2. The highest BCUT2D eigenvalue weighted by Gasteiger charge is 2.12. The number of nitrogens with one attached hydrogen (secondary N) is 2. The highest BCUT2D eigenvalue weighted by Crippen LogP contribution is 2.33. The zero-order chi connectivity index (χ0) is 17.0. The molecule has 8 heteroatoms. The van der Waals surface area contributed by atoms with Gasteiger partial charge in [-0.3, -0.25) is 15.6 Å². The summed E-state index contributed by atoms with van der Waals surface area (Å²) in [5.74, 6) is 0.582. The summed E-state index contributed by atoms with van der Waals surface area (Å²) in [6.07, 6.45) is 0. The lowest BCUT2D eigenvalue weighted by atomic mass is 10.2. The normalized spacial score (nSPS) is 10.1. The number of hydrazine groups is 1. The number of anilines is 1. The molecule has 0 heterocycles. The lowest BCUT2D eigenvalue weighted by Gasteiger charge is -2.13. The van der Waals surface area contributed by atoms with Crippen LogP contribution in [0.1, 0.15) is 10.4 Å². The van der Waals surface area contributed by atoms with Crippen molar-refractivity contribution in [3.05, 3.63) is 51.0 Å². The molecule has 0 unspecified atom stereocenters. The molecular weight excluding hydrogens is 363 g/mol. The number of amides is 1. The zero-order valence-corrected chi connectivity index (χ0v) is 14.5. The molecule has 2 rings (SSSR count). The zero-order valence-electron chi connectivity index (χ0n) is 12.2. The van der Waals surface area contributed by atoms with Gasteiger partial charge in [0, 0.05) is 16.7 Å². The van der Waals surface area contributed by atoms with E-state index in [-0.39, 0.29) is 10.0 Å². The van der Waals surface area contributed by atoms with Gasteiger partial charge in [0.2, 0.25) is 0 Å². The molecule has 2 aromatic rings. The van der Waals surface area contributed by atoms with E-state index in [0.29, 0.717) is 27.8 Å². The van der Waals surface area contributed by atoms with Crippen LogP contribution in [0.3, 0.4) is 0 Å². The molecule has 0 aliphatic rings. The van der Waals surface area contributed by atoms with E-state index in [1.807, 2.05) is 0 Å². The summed E-state index contributed by atoms with van der Waals surface area (Å²) in [6.45, 7) is 0. The average Bonchev–Trinajstić information content (AvgIpc) is 2.52. The molecule has 0 saturated carbocycles. The SMILES string of the molecule is COc1cc(OC)cc(C(=O)NNc2c(Cl)cc(Cl)cc2Cl)c1. The Morgan fingerprint density at radius 3 is 1.91 bits per heavy atom. The second kappa shape index (κ2) is 7.64. The van der Waals surface area contributed by atoms with Gasteiger partial charge < -0.3 is 9.47 Å². The van der Waals surface area contributed by atoms with Gasteiger partial charge in [0.1, 0.15) is 11.5 Å². The lowest BCUT2D eigenvalue weighted by Crippen LogP contribution is -2.29. The topological polar surface area (TPSA) is 59.6 Å². The summed E-state index contributed by atoms with van der Waals surface area (Å²) < 4.78 is 10.2. The van der Waals surface area contributed by atoms with E-state index in [2.05, 4.69) is 10.9 Å². The van der Waals surface area contributed by atoms with Crippen LogP contribution in [-0.4, -0.2) is 20.1 Å². The Bertz CT molecular complexity index is 693. The van der Waals surface area contributed by atoms with Crippen molar-refractivity contribution in [1.29, 1.82) is 0 Å². The van der Waals surface area contributed by atoms with Crippen LogP contribution in [0.5, 0.6) is 11.5 Å². The maximum Gasteiger partial charge on any atom is 0.269 e. The molecule has 0 atom stereocenters. The van der Waals surface area contributed by atoms with Crippen LogP contribution in [0.15, 0.2) is 30.3 Å². The average molecular weight is 376 g/mol. The van der Waals surface area contributed by atoms with Gasteiger partial charge in [0.25, 0.3) is 5.91 Å². The van der Waals surface area contributed by atoms with E-state index >= 15 is 0 Å². The second-order valence-electron chi connectivity index (χ2n) is 4.42. The van der Waals surface area contributed by atoms with Crippen LogP contribution in [0.25, 0.3) is 0 Å². The van der Waals surface area contributed by atoms with Gasteiger partial charge in [-0.25, -0.2) is 0 Å². The third kappa shape index (κ3) is 4.34. The molecule has 0 bridgehead atoms. The Hall–Kier alpha value is -1.82. The molecule has 0 spiro atoms. The fourth-order valence-corrected chi connectivity index (χ4v) is 2.70. The van der Waals surface area contributed by atoms with Crippen LogP contribution in [0.2, 0.25) is 15.1 Å². The third-order valence-electron chi connectivity index (χ3n) is 2.92. The minimum Gasteiger partial charge on any atom is -0.497 e. The number of ether oxygens (including phenoxy) is 2. The molecule has 2 aromatic carbocycles. The fraction of sp³-hybridized carbons (Fsp3) is 0.133.